The molecule has 1 fully saturated rings. The summed E-state index contributed by atoms with van der Waals surface area (Å²) >= 11 is 5.28. The van der Waals surface area contributed by atoms with Gasteiger partial charge in [0.05, 0.1) is 26.5 Å². The fourth-order valence-electron chi connectivity index (χ4n) is 2.65. The van der Waals surface area contributed by atoms with Crippen LogP contribution in [0.4, 0.5) is 0 Å². The number of thiocarbonyl (C=S) groups is 1. The van der Waals surface area contributed by atoms with Gasteiger partial charge in [-0.25, -0.2) is 0 Å². The molecular weight excluding hydrogens is 352 g/mol. The number of nitrogens with one attached hydrogen (secondary N) is 1. The lowest BCUT2D eigenvalue weighted by Crippen LogP contribution is -2.29. The van der Waals surface area contributed by atoms with Crippen LogP contribution in [0.25, 0.3) is 6.08 Å². The number of hydrogen-bond acceptors (Lipinski definition) is 5. The minimum atomic E-state index is -0.187. The number of hydrogen-bond donors (Lipinski definition) is 1. The molecule has 0 radical (unpaired) electrons. The first-order chi connectivity index (χ1) is 12.6. The van der Waals surface area contributed by atoms with E-state index in [1.54, 1.807) is 31.6 Å². The van der Waals surface area contributed by atoms with Crippen molar-refractivity contribution in [2.75, 3.05) is 13.7 Å². The van der Waals surface area contributed by atoms with Crippen molar-refractivity contribution in [1.82, 2.24) is 10.2 Å². The van der Waals surface area contributed by atoms with E-state index in [2.05, 4.69) is 5.32 Å². The van der Waals surface area contributed by atoms with E-state index in [0.29, 0.717) is 36.3 Å². The zero-order valence-electron chi connectivity index (χ0n) is 14.7. The Labute approximate surface area is 157 Å². The third-order valence-electron chi connectivity index (χ3n) is 3.93. The summed E-state index contributed by atoms with van der Waals surface area (Å²) < 4.78 is 16.1. The molecule has 1 amide bonds. The van der Waals surface area contributed by atoms with Crippen molar-refractivity contribution in [3.63, 3.8) is 0 Å². The molecule has 1 aliphatic heterocycles. The van der Waals surface area contributed by atoms with Crippen LogP contribution in [0.15, 0.2) is 46.7 Å². The zero-order chi connectivity index (χ0) is 18.5. The topological polar surface area (TPSA) is 63.9 Å². The first-order valence-electron chi connectivity index (χ1n) is 8.24. The number of nitrogens with zero attached hydrogens (tertiary/aromatic N) is 1. The molecular formula is C19H20N2O4S. The maximum atomic E-state index is 12.6. The molecule has 0 saturated carbocycles. The first kappa shape index (κ1) is 18.2. The Kier molecular flexibility index (Phi) is 5.70. The highest BCUT2D eigenvalue weighted by Crippen LogP contribution is 2.23. The fraction of sp³-hybridized carbons (Fsp3) is 0.263. The van der Waals surface area contributed by atoms with Gasteiger partial charge < -0.3 is 19.2 Å². The van der Waals surface area contributed by atoms with Crippen LogP contribution in [0.1, 0.15) is 23.8 Å². The molecule has 26 heavy (non-hydrogen) atoms. The number of furan rings is 1. The van der Waals surface area contributed by atoms with Crippen LogP contribution >= 0.6 is 12.2 Å². The Bertz CT molecular complexity index is 830. The van der Waals surface area contributed by atoms with Crippen LogP contribution in [0, 0.1) is 0 Å². The molecule has 3 rings (SSSR count). The monoisotopic (exact) mass is 372 g/mol. The molecule has 0 spiro atoms. The molecule has 1 N–H and O–H groups in total. The molecule has 0 atom stereocenters. The number of rotatable bonds is 7. The Morgan fingerprint density at radius 3 is 2.88 bits per heavy atom. The SMILES string of the molecule is CCOCc1cc(/C=C2/NC(=S)N(Cc3ccco3)C2=O)ccc1OC. The lowest BCUT2D eigenvalue weighted by atomic mass is 10.1. The minimum absolute atomic E-state index is 0.187. The van der Waals surface area contributed by atoms with Crippen molar-refractivity contribution in [3.05, 3.63) is 59.2 Å². The molecule has 136 valence electrons. The van der Waals surface area contributed by atoms with E-state index in [1.807, 2.05) is 25.1 Å². The Hall–Kier alpha value is -2.64. The number of ether oxygens (including phenoxy) is 2. The molecule has 2 heterocycles. The summed E-state index contributed by atoms with van der Waals surface area (Å²) in [4.78, 5) is 14.1. The summed E-state index contributed by atoms with van der Waals surface area (Å²) in [5.74, 6) is 1.24. The normalized spacial score (nSPS) is 15.6. The van der Waals surface area contributed by atoms with Crippen LogP contribution < -0.4 is 10.1 Å². The van der Waals surface area contributed by atoms with Gasteiger partial charge in [0.15, 0.2) is 5.11 Å². The van der Waals surface area contributed by atoms with Gasteiger partial charge in [-0.2, -0.15) is 0 Å². The quantitative estimate of drug-likeness (QED) is 0.595. The molecule has 6 nitrogen and oxygen atoms in total. The molecule has 1 aliphatic rings. The van der Waals surface area contributed by atoms with E-state index < -0.39 is 0 Å². The molecule has 1 aromatic heterocycles. The number of methoxy groups -OCH3 is 1. The predicted molar refractivity (Wildman–Crippen MR) is 101 cm³/mol. The van der Waals surface area contributed by atoms with E-state index in [0.717, 1.165) is 16.9 Å². The van der Waals surface area contributed by atoms with Gasteiger partial charge in [0.2, 0.25) is 0 Å². The molecule has 1 aromatic carbocycles. The zero-order valence-corrected chi connectivity index (χ0v) is 15.5. The van der Waals surface area contributed by atoms with Crippen molar-refractivity contribution < 1.29 is 18.7 Å². The Morgan fingerprint density at radius 1 is 1.35 bits per heavy atom. The maximum absolute atomic E-state index is 12.6. The second-order valence-electron chi connectivity index (χ2n) is 5.67. The summed E-state index contributed by atoms with van der Waals surface area (Å²) in [6.45, 7) is 3.30. The van der Waals surface area contributed by atoms with E-state index >= 15 is 0 Å². The van der Waals surface area contributed by atoms with Crippen LogP contribution in [0.2, 0.25) is 0 Å². The van der Waals surface area contributed by atoms with Crippen molar-refractivity contribution in [3.8, 4) is 5.75 Å². The molecule has 1 saturated heterocycles. The smallest absolute Gasteiger partial charge is 0.276 e. The summed E-state index contributed by atoms with van der Waals surface area (Å²) in [6, 6.07) is 9.27. The van der Waals surface area contributed by atoms with Gasteiger partial charge in [0.25, 0.3) is 5.91 Å². The van der Waals surface area contributed by atoms with Gasteiger partial charge in [0.1, 0.15) is 17.2 Å². The van der Waals surface area contributed by atoms with E-state index in [-0.39, 0.29) is 5.91 Å². The van der Waals surface area contributed by atoms with Gasteiger partial charge in [-0.1, -0.05) is 6.07 Å². The van der Waals surface area contributed by atoms with Crippen LogP contribution in [0.5, 0.6) is 5.75 Å². The molecule has 7 heteroatoms. The second-order valence-corrected chi connectivity index (χ2v) is 6.05. The lowest BCUT2D eigenvalue weighted by molar-refractivity contribution is -0.122. The van der Waals surface area contributed by atoms with Gasteiger partial charge in [0, 0.05) is 12.2 Å². The van der Waals surface area contributed by atoms with Gasteiger partial charge in [-0.3, -0.25) is 9.69 Å². The van der Waals surface area contributed by atoms with Gasteiger partial charge in [-0.15, -0.1) is 0 Å². The number of benzene rings is 1. The van der Waals surface area contributed by atoms with Crippen LogP contribution in [0.3, 0.4) is 0 Å². The summed E-state index contributed by atoms with van der Waals surface area (Å²) in [5, 5.41) is 3.33. The lowest BCUT2D eigenvalue weighted by Gasteiger charge is -2.11. The summed E-state index contributed by atoms with van der Waals surface area (Å²) in [6.07, 6.45) is 3.34. The molecule has 0 bridgehead atoms. The molecule has 0 aliphatic carbocycles. The van der Waals surface area contributed by atoms with E-state index in [4.69, 9.17) is 26.1 Å². The average molecular weight is 372 g/mol. The maximum Gasteiger partial charge on any atom is 0.276 e. The highest BCUT2D eigenvalue weighted by atomic mass is 32.1. The Morgan fingerprint density at radius 2 is 2.19 bits per heavy atom. The second kappa shape index (κ2) is 8.16. The van der Waals surface area contributed by atoms with Crippen molar-refractivity contribution in [1.29, 1.82) is 0 Å². The highest BCUT2D eigenvalue weighted by Gasteiger charge is 2.31. The minimum Gasteiger partial charge on any atom is -0.496 e. The van der Waals surface area contributed by atoms with Crippen molar-refractivity contribution in [2.24, 2.45) is 0 Å². The average Bonchev–Trinajstić information content (AvgIpc) is 3.24. The van der Waals surface area contributed by atoms with Gasteiger partial charge in [-0.05, 0) is 55.0 Å². The first-order valence-corrected chi connectivity index (χ1v) is 8.64. The third kappa shape index (κ3) is 3.95. The van der Waals surface area contributed by atoms with Crippen LogP contribution in [-0.2, 0) is 22.7 Å². The summed E-state index contributed by atoms with van der Waals surface area (Å²) in [7, 11) is 1.62. The Balaban J connectivity index is 1.81. The molecule has 0 unspecified atom stereocenters. The fourth-order valence-corrected chi connectivity index (χ4v) is 2.91. The highest BCUT2D eigenvalue weighted by molar-refractivity contribution is 7.80. The van der Waals surface area contributed by atoms with Gasteiger partial charge >= 0.3 is 0 Å². The standard InChI is InChI=1S/C19H20N2O4S/c1-3-24-12-14-9-13(6-7-17(14)23-2)10-16-18(22)21(19(26)20-16)11-15-5-4-8-25-15/h4-10H,3,11-12H2,1-2H3,(H,20,26)/b16-10+. The third-order valence-corrected chi connectivity index (χ3v) is 4.26. The summed E-state index contributed by atoms with van der Waals surface area (Å²) in [5.41, 5.74) is 2.21. The largest absolute Gasteiger partial charge is 0.496 e. The van der Waals surface area contributed by atoms with E-state index in [1.165, 1.54) is 4.90 Å². The number of carbonyl (C=O) groups is 1. The predicted octanol–water partition coefficient (Wildman–Crippen LogP) is 3.08. The number of carbonyl (C=O) groups excluding carboxylic acids is 1. The van der Waals surface area contributed by atoms with Crippen LogP contribution in [-0.4, -0.2) is 29.6 Å². The molecule has 2 aromatic rings. The van der Waals surface area contributed by atoms with E-state index in [9.17, 15) is 4.79 Å². The number of amides is 1. The van der Waals surface area contributed by atoms with Crippen molar-refractivity contribution in [2.45, 2.75) is 20.1 Å². The van der Waals surface area contributed by atoms with Crippen molar-refractivity contribution >= 4 is 29.3 Å².